The molecular formula is C23H36N2O4. The highest BCUT2D eigenvalue weighted by molar-refractivity contribution is 5.76. The van der Waals surface area contributed by atoms with Crippen LogP contribution in [0.15, 0.2) is 0 Å². The molecule has 2 spiro atoms. The highest BCUT2D eigenvalue weighted by Gasteiger charge is 2.66. The van der Waals surface area contributed by atoms with Crippen LogP contribution in [0.5, 0.6) is 0 Å². The van der Waals surface area contributed by atoms with E-state index in [9.17, 15) is 4.79 Å². The van der Waals surface area contributed by atoms with Gasteiger partial charge in [-0.3, -0.25) is 4.79 Å². The van der Waals surface area contributed by atoms with Crippen LogP contribution in [0, 0.1) is 29.6 Å². The molecule has 6 heteroatoms. The van der Waals surface area contributed by atoms with Crippen molar-refractivity contribution in [2.75, 3.05) is 13.1 Å². The van der Waals surface area contributed by atoms with Crippen molar-refractivity contribution in [2.45, 2.75) is 94.7 Å². The molecule has 7 fully saturated rings. The standard InChI is InChI=1S/C23H36N2O4/c24-20-3-7-25(8-4-20)21(26)14-15-1-5-22(6-2-15)27-23(29-28-22)18-10-16-9-17(12-18)13-19(23)11-16/h15-20H,1-14,24H2. The van der Waals surface area contributed by atoms with Crippen LogP contribution in [-0.2, 0) is 19.3 Å². The predicted molar refractivity (Wildman–Crippen MR) is 106 cm³/mol. The number of hydrogen-bond donors (Lipinski definition) is 1. The van der Waals surface area contributed by atoms with Crippen molar-refractivity contribution in [1.82, 2.24) is 4.90 Å². The summed E-state index contributed by atoms with van der Waals surface area (Å²) in [5.74, 6) is 2.52. The fraction of sp³-hybridized carbons (Fsp3) is 0.957. The maximum Gasteiger partial charge on any atom is 0.222 e. The van der Waals surface area contributed by atoms with E-state index >= 15 is 0 Å². The Hall–Kier alpha value is -0.690. The van der Waals surface area contributed by atoms with E-state index in [4.69, 9.17) is 20.2 Å². The molecule has 7 aliphatic rings. The second-order valence-corrected chi connectivity index (χ2v) is 11.1. The Balaban J connectivity index is 1.06. The average molecular weight is 405 g/mol. The summed E-state index contributed by atoms with van der Waals surface area (Å²) < 4.78 is 6.78. The van der Waals surface area contributed by atoms with Crippen molar-refractivity contribution in [3.8, 4) is 0 Å². The van der Waals surface area contributed by atoms with Gasteiger partial charge in [0.25, 0.3) is 0 Å². The monoisotopic (exact) mass is 404 g/mol. The zero-order valence-corrected chi connectivity index (χ0v) is 17.5. The minimum Gasteiger partial charge on any atom is -0.343 e. The summed E-state index contributed by atoms with van der Waals surface area (Å²) >= 11 is 0. The van der Waals surface area contributed by atoms with Crippen LogP contribution < -0.4 is 5.73 Å². The Bertz CT molecular complexity index is 623. The van der Waals surface area contributed by atoms with E-state index in [1.165, 1.54) is 32.1 Å². The Kier molecular flexibility index (Phi) is 4.53. The Morgan fingerprint density at radius 3 is 2.14 bits per heavy atom. The highest BCUT2D eigenvalue weighted by Crippen LogP contribution is 2.63. The molecule has 0 radical (unpaired) electrons. The van der Waals surface area contributed by atoms with Gasteiger partial charge >= 0.3 is 0 Å². The fourth-order valence-electron chi connectivity index (χ4n) is 7.64. The molecule has 29 heavy (non-hydrogen) atoms. The maximum atomic E-state index is 12.7. The summed E-state index contributed by atoms with van der Waals surface area (Å²) in [5.41, 5.74) is 5.97. The number of ether oxygens (including phenoxy) is 1. The molecule has 0 aromatic carbocycles. The van der Waals surface area contributed by atoms with E-state index in [2.05, 4.69) is 0 Å². The van der Waals surface area contributed by atoms with Crippen LogP contribution >= 0.6 is 0 Å². The summed E-state index contributed by atoms with van der Waals surface area (Å²) in [7, 11) is 0. The van der Waals surface area contributed by atoms with Gasteiger partial charge in [-0.2, -0.15) is 9.78 Å². The van der Waals surface area contributed by atoms with Gasteiger partial charge < -0.3 is 15.4 Å². The smallest absolute Gasteiger partial charge is 0.222 e. The molecular weight excluding hydrogens is 368 g/mol. The molecule has 1 amide bonds. The number of carbonyl (C=O) groups is 1. The lowest BCUT2D eigenvalue weighted by molar-refractivity contribution is -0.390. The molecule has 5 aliphatic carbocycles. The van der Waals surface area contributed by atoms with E-state index in [1.807, 2.05) is 4.90 Å². The van der Waals surface area contributed by atoms with Crippen molar-refractivity contribution in [2.24, 2.45) is 35.3 Å². The molecule has 2 N–H and O–H groups in total. The number of piperidine rings is 1. The normalized spacial score (nSPS) is 49.4. The highest BCUT2D eigenvalue weighted by atomic mass is 17.3. The molecule has 0 aromatic heterocycles. The van der Waals surface area contributed by atoms with Gasteiger partial charge in [-0.25, -0.2) is 0 Å². The summed E-state index contributed by atoms with van der Waals surface area (Å²) in [6.07, 6.45) is 12.6. The second-order valence-electron chi connectivity index (χ2n) is 11.1. The number of carbonyl (C=O) groups excluding carboxylic acids is 1. The number of hydrogen-bond acceptors (Lipinski definition) is 5. The first-order chi connectivity index (χ1) is 14.0. The van der Waals surface area contributed by atoms with Gasteiger partial charge in [0.15, 0.2) is 0 Å². The Labute approximate surface area is 173 Å². The minimum absolute atomic E-state index is 0.266. The fourth-order valence-corrected chi connectivity index (χ4v) is 7.64. The van der Waals surface area contributed by atoms with Gasteiger partial charge in [-0.15, -0.1) is 0 Å². The lowest BCUT2D eigenvalue weighted by Gasteiger charge is -2.57. The average Bonchev–Trinajstić information content (AvgIpc) is 3.08. The Morgan fingerprint density at radius 1 is 0.897 bits per heavy atom. The third-order valence-electron chi connectivity index (χ3n) is 9.17. The SMILES string of the molecule is NC1CCN(C(=O)CC2CCC3(CC2)OOC2(O3)C3CC4CC(C3)CC2C4)CC1. The van der Waals surface area contributed by atoms with Crippen molar-refractivity contribution >= 4 is 5.91 Å². The third kappa shape index (κ3) is 3.17. The first-order valence-electron chi connectivity index (χ1n) is 12.1. The first-order valence-corrected chi connectivity index (χ1v) is 12.1. The molecule has 5 saturated carbocycles. The molecule has 7 rings (SSSR count). The predicted octanol–water partition coefficient (Wildman–Crippen LogP) is 3.34. The quantitative estimate of drug-likeness (QED) is 0.715. The van der Waals surface area contributed by atoms with Crippen LogP contribution in [0.3, 0.4) is 0 Å². The molecule has 0 aromatic rings. The van der Waals surface area contributed by atoms with E-state index in [1.54, 1.807) is 0 Å². The summed E-state index contributed by atoms with van der Waals surface area (Å²) in [6.45, 7) is 1.65. The lowest BCUT2D eigenvalue weighted by atomic mass is 9.53. The molecule has 0 atom stereocenters. The van der Waals surface area contributed by atoms with Crippen molar-refractivity contribution in [3.63, 3.8) is 0 Å². The first kappa shape index (κ1) is 19.0. The van der Waals surface area contributed by atoms with E-state index in [0.29, 0.717) is 30.1 Å². The number of amides is 1. The van der Waals surface area contributed by atoms with Crippen LogP contribution in [0.1, 0.15) is 77.0 Å². The topological polar surface area (TPSA) is 74.0 Å². The van der Waals surface area contributed by atoms with E-state index < -0.39 is 11.6 Å². The molecule has 2 heterocycles. The maximum absolute atomic E-state index is 12.7. The number of rotatable bonds is 2. The number of likely N-dealkylation sites (tertiary alicyclic amines) is 1. The zero-order valence-electron chi connectivity index (χ0n) is 17.5. The minimum atomic E-state index is -0.563. The molecule has 6 nitrogen and oxygen atoms in total. The molecule has 2 aliphatic heterocycles. The largest absolute Gasteiger partial charge is 0.343 e. The van der Waals surface area contributed by atoms with Gasteiger partial charge in [0.2, 0.25) is 17.5 Å². The van der Waals surface area contributed by atoms with Crippen molar-refractivity contribution < 1.29 is 19.3 Å². The number of nitrogens with zero attached hydrogens (tertiary/aromatic N) is 1. The van der Waals surface area contributed by atoms with Crippen LogP contribution in [0.25, 0.3) is 0 Å². The van der Waals surface area contributed by atoms with E-state index in [0.717, 1.165) is 63.5 Å². The Morgan fingerprint density at radius 2 is 1.52 bits per heavy atom. The molecule has 4 bridgehead atoms. The molecule has 0 unspecified atom stereocenters. The summed E-state index contributed by atoms with van der Waals surface area (Å²) in [5, 5.41) is 0. The van der Waals surface area contributed by atoms with Crippen LogP contribution in [0.2, 0.25) is 0 Å². The van der Waals surface area contributed by atoms with Gasteiger partial charge in [-0.05, 0) is 75.5 Å². The molecule has 2 saturated heterocycles. The summed E-state index contributed by atoms with van der Waals surface area (Å²) in [6, 6.07) is 0.266. The zero-order chi connectivity index (χ0) is 19.6. The van der Waals surface area contributed by atoms with Crippen LogP contribution in [0.4, 0.5) is 0 Å². The third-order valence-corrected chi connectivity index (χ3v) is 9.17. The second kappa shape index (κ2) is 6.91. The van der Waals surface area contributed by atoms with Crippen LogP contribution in [-0.4, -0.2) is 41.5 Å². The van der Waals surface area contributed by atoms with Gasteiger partial charge in [0.1, 0.15) is 0 Å². The van der Waals surface area contributed by atoms with Crippen molar-refractivity contribution in [1.29, 1.82) is 0 Å². The lowest BCUT2D eigenvalue weighted by Crippen LogP contribution is -2.59. The summed E-state index contributed by atoms with van der Waals surface area (Å²) in [4.78, 5) is 26.8. The van der Waals surface area contributed by atoms with Gasteiger partial charge in [-0.1, -0.05) is 0 Å². The van der Waals surface area contributed by atoms with Crippen molar-refractivity contribution in [3.05, 3.63) is 0 Å². The van der Waals surface area contributed by atoms with Gasteiger partial charge in [0.05, 0.1) is 0 Å². The van der Waals surface area contributed by atoms with E-state index in [-0.39, 0.29) is 6.04 Å². The van der Waals surface area contributed by atoms with Gasteiger partial charge in [0, 0.05) is 50.2 Å². The number of nitrogens with two attached hydrogens (primary N) is 1. The molecule has 162 valence electrons.